The first kappa shape index (κ1) is 24.3. The maximum atomic E-state index is 12.6. The monoisotopic (exact) mass is 431 g/mol. The van der Waals surface area contributed by atoms with Crippen LogP contribution in [0.15, 0.2) is 48.6 Å². The van der Waals surface area contributed by atoms with Gasteiger partial charge < -0.3 is 29.3 Å². The van der Waals surface area contributed by atoms with E-state index in [0.29, 0.717) is 39.3 Å². The van der Waals surface area contributed by atoms with Gasteiger partial charge in [0.15, 0.2) is 0 Å². The van der Waals surface area contributed by atoms with Gasteiger partial charge in [0.25, 0.3) is 0 Å². The molecule has 8 nitrogen and oxygen atoms in total. The normalized spacial score (nSPS) is 15.0. The molecule has 0 aliphatic carbocycles. The number of carbonyl (C=O) groups is 2. The molecular formula is C23H33N3O5. The molecule has 1 fully saturated rings. The Kier molecular flexibility index (Phi) is 10.4. The lowest BCUT2D eigenvalue weighted by Gasteiger charge is -2.25. The van der Waals surface area contributed by atoms with E-state index in [1.165, 1.54) is 0 Å². The standard InChI is InChI=1S/C23H33N3O5/c1-4-5-6-19(2)17-30-22(27)25-13-11-24-12-14-26(16-15-25)23(28)31-18-20-7-9-21(29-3)10-8-20/h5-10,24H,2,4,11-18H2,1,3H3. The Morgan fingerprint density at radius 1 is 1.03 bits per heavy atom. The third-order valence-corrected chi connectivity index (χ3v) is 4.76. The van der Waals surface area contributed by atoms with Crippen LogP contribution in [-0.4, -0.2) is 75.0 Å². The van der Waals surface area contributed by atoms with Gasteiger partial charge in [0.2, 0.25) is 0 Å². The van der Waals surface area contributed by atoms with Crippen LogP contribution in [0, 0.1) is 0 Å². The fourth-order valence-electron chi connectivity index (χ4n) is 2.92. The van der Waals surface area contributed by atoms with Crippen molar-refractivity contribution in [3.63, 3.8) is 0 Å². The molecule has 1 aliphatic heterocycles. The summed E-state index contributed by atoms with van der Waals surface area (Å²) in [5.74, 6) is 0.748. The quantitative estimate of drug-likeness (QED) is 0.668. The smallest absolute Gasteiger partial charge is 0.410 e. The average Bonchev–Trinajstić information content (AvgIpc) is 2.92. The van der Waals surface area contributed by atoms with Gasteiger partial charge in [-0.1, -0.05) is 37.8 Å². The minimum absolute atomic E-state index is 0.146. The Hall–Kier alpha value is -3.00. The molecule has 2 rings (SSSR count). The van der Waals surface area contributed by atoms with Crippen LogP contribution in [0.1, 0.15) is 18.9 Å². The minimum atomic E-state index is -0.415. The molecule has 0 atom stereocenters. The Morgan fingerprint density at radius 3 is 2.23 bits per heavy atom. The van der Waals surface area contributed by atoms with Gasteiger partial charge in [0, 0.05) is 39.3 Å². The minimum Gasteiger partial charge on any atom is -0.497 e. The third-order valence-electron chi connectivity index (χ3n) is 4.76. The molecule has 1 aromatic rings. The number of nitrogens with zero attached hydrogens (tertiary/aromatic N) is 2. The lowest BCUT2D eigenvalue weighted by atomic mass is 10.2. The van der Waals surface area contributed by atoms with Crippen molar-refractivity contribution in [3.05, 3.63) is 54.1 Å². The Balaban J connectivity index is 1.85. The molecule has 1 N–H and O–H groups in total. The molecular weight excluding hydrogens is 398 g/mol. The van der Waals surface area contributed by atoms with Crippen LogP contribution < -0.4 is 10.1 Å². The Bertz CT molecular complexity index is 748. The number of hydrogen-bond acceptors (Lipinski definition) is 6. The van der Waals surface area contributed by atoms with Crippen molar-refractivity contribution in [3.8, 4) is 5.75 Å². The van der Waals surface area contributed by atoms with E-state index < -0.39 is 12.2 Å². The summed E-state index contributed by atoms with van der Waals surface area (Å²) in [7, 11) is 1.60. The van der Waals surface area contributed by atoms with Gasteiger partial charge in [0.05, 0.1) is 7.11 Å². The van der Waals surface area contributed by atoms with Crippen LogP contribution >= 0.6 is 0 Å². The first-order valence-corrected chi connectivity index (χ1v) is 10.5. The number of hydrogen-bond donors (Lipinski definition) is 1. The van der Waals surface area contributed by atoms with Gasteiger partial charge in [-0.3, -0.25) is 0 Å². The van der Waals surface area contributed by atoms with E-state index in [0.717, 1.165) is 23.3 Å². The van der Waals surface area contributed by atoms with Crippen molar-refractivity contribution < 1.29 is 23.8 Å². The van der Waals surface area contributed by atoms with Crippen molar-refractivity contribution in [2.24, 2.45) is 0 Å². The van der Waals surface area contributed by atoms with Crippen molar-refractivity contribution in [2.45, 2.75) is 20.0 Å². The lowest BCUT2D eigenvalue weighted by Crippen LogP contribution is -2.42. The van der Waals surface area contributed by atoms with E-state index in [9.17, 15) is 9.59 Å². The van der Waals surface area contributed by atoms with Gasteiger partial charge in [-0.2, -0.15) is 0 Å². The molecule has 1 heterocycles. The van der Waals surface area contributed by atoms with Crippen molar-refractivity contribution in [1.82, 2.24) is 15.1 Å². The van der Waals surface area contributed by atoms with Crippen LogP contribution in [0.3, 0.4) is 0 Å². The predicted octanol–water partition coefficient (Wildman–Crippen LogP) is 3.20. The van der Waals surface area contributed by atoms with E-state index in [4.69, 9.17) is 14.2 Å². The number of rotatable bonds is 7. The van der Waals surface area contributed by atoms with Crippen LogP contribution in [0.5, 0.6) is 5.75 Å². The lowest BCUT2D eigenvalue weighted by molar-refractivity contribution is 0.0870. The number of amides is 2. The summed E-state index contributed by atoms with van der Waals surface area (Å²) in [5, 5.41) is 3.23. The fourth-order valence-corrected chi connectivity index (χ4v) is 2.92. The molecule has 1 saturated heterocycles. The Morgan fingerprint density at radius 2 is 1.65 bits per heavy atom. The largest absolute Gasteiger partial charge is 0.497 e. The van der Waals surface area contributed by atoms with Gasteiger partial charge >= 0.3 is 12.2 Å². The summed E-state index contributed by atoms with van der Waals surface area (Å²) < 4.78 is 15.9. The topological polar surface area (TPSA) is 80.3 Å². The Labute approximate surface area is 184 Å². The molecule has 1 aliphatic rings. The molecule has 31 heavy (non-hydrogen) atoms. The van der Waals surface area contributed by atoms with Crippen LogP contribution in [0.4, 0.5) is 9.59 Å². The summed E-state index contributed by atoms with van der Waals surface area (Å²) in [6, 6.07) is 7.36. The highest BCUT2D eigenvalue weighted by Gasteiger charge is 2.21. The van der Waals surface area contributed by atoms with Crippen molar-refractivity contribution in [1.29, 1.82) is 0 Å². The zero-order valence-corrected chi connectivity index (χ0v) is 18.5. The van der Waals surface area contributed by atoms with Crippen LogP contribution in [-0.2, 0) is 16.1 Å². The van der Waals surface area contributed by atoms with E-state index in [-0.39, 0.29) is 13.2 Å². The first-order chi connectivity index (χ1) is 15.0. The highest BCUT2D eigenvalue weighted by molar-refractivity contribution is 5.69. The molecule has 170 valence electrons. The second-order valence-corrected chi connectivity index (χ2v) is 7.15. The number of benzene rings is 1. The predicted molar refractivity (Wildman–Crippen MR) is 119 cm³/mol. The highest BCUT2D eigenvalue weighted by Crippen LogP contribution is 2.12. The number of ether oxygens (including phenoxy) is 3. The van der Waals surface area contributed by atoms with Crippen LogP contribution in [0.2, 0.25) is 0 Å². The molecule has 0 spiro atoms. The van der Waals surface area contributed by atoms with Crippen molar-refractivity contribution in [2.75, 3.05) is 53.0 Å². The zero-order valence-electron chi connectivity index (χ0n) is 18.5. The maximum Gasteiger partial charge on any atom is 0.410 e. The zero-order chi connectivity index (χ0) is 22.5. The van der Waals surface area contributed by atoms with E-state index in [1.807, 2.05) is 43.3 Å². The summed E-state index contributed by atoms with van der Waals surface area (Å²) >= 11 is 0. The molecule has 0 unspecified atom stereocenters. The summed E-state index contributed by atoms with van der Waals surface area (Å²) in [4.78, 5) is 28.2. The maximum absolute atomic E-state index is 12.6. The summed E-state index contributed by atoms with van der Waals surface area (Å²) in [6.45, 7) is 9.22. The van der Waals surface area contributed by atoms with Crippen molar-refractivity contribution >= 4 is 12.2 Å². The van der Waals surface area contributed by atoms with Gasteiger partial charge in [-0.15, -0.1) is 0 Å². The van der Waals surface area contributed by atoms with E-state index in [1.54, 1.807) is 16.9 Å². The summed E-state index contributed by atoms with van der Waals surface area (Å²) in [6.07, 6.45) is 3.89. The number of methoxy groups -OCH3 is 1. The molecule has 0 aromatic heterocycles. The molecule has 2 amide bonds. The average molecular weight is 432 g/mol. The fraction of sp³-hybridized carbons (Fsp3) is 0.478. The molecule has 8 heteroatoms. The molecule has 0 saturated carbocycles. The second kappa shape index (κ2) is 13.3. The van der Waals surface area contributed by atoms with Crippen LogP contribution in [0.25, 0.3) is 0 Å². The van der Waals surface area contributed by atoms with Gasteiger partial charge in [0.1, 0.15) is 19.0 Å². The summed E-state index contributed by atoms with van der Waals surface area (Å²) in [5.41, 5.74) is 1.61. The third kappa shape index (κ3) is 8.72. The highest BCUT2D eigenvalue weighted by atomic mass is 16.6. The first-order valence-electron chi connectivity index (χ1n) is 10.5. The van der Waals surface area contributed by atoms with E-state index in [2.05, 4.69) is 11.9 Å². The SMILES string of the molecule is C=C(C=CCC)COC(=O)N1CCNCCN(C(=O)OCc2ccc(OC)cc2)CC1. The number of nitrogens with one attached hydrogen (secondary N) is 1. The molecule has 0 radical (unpaired) electrons. The van der Waals surface area contributed by atoms with E-state index >= 15 is 0 Å². The molecule has 1 aromatic carbocycles. The van der Waals surface area contributed by atoms with Gasteiger partial charge in [-0.25, -0.2) is 9.59 Å². The second-order valence-electron chi connectivity index (χ2n) is 7.15. The number of carbonyl (C=O) groups excluding carboxylic acids is 2. The molecule has 0 bridgehead atoms. The number of allylic oxidation sites excluding steroid dienone is 1. The van der Waals surface area contributed by atoms with Gasteiger partial charge in [-0.05, 0) is 29.7 Å².